The summed E-state index contributed by atoms with van der Waals surface area (Å²) in [5, 5.41) is 0. The summed E-state index contributed by atoms with van der Waals surface area (Å²) in [4.78, 5) is 0. The Morgan fingerprint density at radius 2 is 0.100 bits per heavy atom. The summed E-state index contributed by atoms with van der Waals surface area (Å²) in [5.74, 6) is 0. The molecule has 0 bridgehead atoms. The molecule has 0 aromatic carbocycles. The fourth-order valence-corrected chi connectivity index (χ4v) is 0. The average molecular weight is 984 g/mol. The molecule has 0 unspecified atom stereocenters. The van der Waals surface area contributed by atoms with Gasteiger partial charge in [-0.1, -0.05) is 0 Å². The normalized spacial score (nSPS) is 0. The third-order valence-corrected chi connectivity index (χ3v) is 0. The van der Waals surface area contributed by atoms with Gasteiger partial charge in [0, 0.05) is 169 Å². The van der Waals surface area contributed by atoms with Gasteiger partial charge < -0.3 is 65.7 Å². The van der Waals surface area contributed by atoms with Gasteiger partial charge in [-0.15, -0.1) is 0 Å². The molecule has 0 rings (SSSR count). The molecule has 0 fully saturated rings. The molecule has 0 aromatic heterocycles. The van der Waals surface area contributed by atoms with Gasteiger partial charge in [0.25, 0.3) is 0 Å². The van der Waals surface area contributed by atoms with Crippen LogP contribution in [0.4, 0.5) is 0 Å². The van der Waals surface area contributed by atoms with Crippen LogP contribution in [-0.2, 0) is 169 Å². The van der Waals surface area contributed by atoms with Crippen molar-refractivity contribution in [3.8, 4) is 0 Å². The minimum Gasteiger partial charge on any atom is -0.412 e. The van der Waals surface area contributed by atoms with E-state index in [9.17, 15) is 0 Å². The molecule has 20 heteroatoms. The molecular weight excluding hydrogens is 960 g/mol. The first-order valence-corrected chi connectivity index (χ1v) is 0. The van der Waals surface area contributed by atoms with Crippen molar-refractivity contribution in [1.82, 2.24) is 0 Å². The monoisotopic (exact) mass is 999 g/mol. The first-order valence-electron chi connectivity index (χ1n) is 0. The second-order valence-electron chi connectivity index (χ2n) is 0. The molecule has 0 saturated heterocycles. The zero-order valence-electron chi connectivity index (χ0n) is 9.27. The fourth-order valence-electron chi connectivity index (χ4n) is 0. The first kappa shape index (κ1) is 572. The Hall–Kier alpha value is 5.03. The quantitative estimate of drug-likeness (QED) is 0.204. The first-order chi connectivity index (χ1) is 0. The van der Waals surface area contributed by atoms with Crippen LogP contribution >= 0.6 is 0 Å². The molecule has 20 heavy (non-hydrogen) atoms. The Labute approximate surface area is 230 Å². The van der Waals surface area contributed by atoms with Crippen molar-refractivity contribution >= 4 is 0 Å². The largest absolute Gasteiger partial charge is 0.412 e. The van der Waals surface area contributed by atoms with Gasteiger partial charge in [0.1, 0.15) is 0 Å². The van der Waals surface area contributed by atoms with Gasteiger partial charge >= 0.3 is 0 Å². The minimum absolute atomic E-state index is 0. The van der Waals surface area contributed by atoms with E-state index in [0.29, 0.717) is 0 Å². The van der Waals surface area contributed by atoms with Crippen molar-refractivity contribution in [1.29, 1.82) is 0 Å². The Kier molecular flexibility index (Phi) is 14400. The van der Waals surface area contributed by atoms with E-state index < -0.39 is 0 Å². The Balaban J connectivity index is 0. The van der Waals surface area contributed by atoms with Crippen molar-refractivity contribution in [2.45, 2.75) is 0 Å². The number of rotatable bonds is 0. The van der Waals surface area contributed by atoms with Crippen molar-refractivity contribution in [2.75, 3.05) is 0 Å². The van der Waals surface area contributed by atoms with Gasteiger partial charge in [0.15, 0.2) is 0 Å². The smallest absolute Gasteiger partial charge is 0 e. The van der Waals surface area contributed by atoms with Crippen LogP contribution < -0.4 is 0 Å². The molecule has 24 N–H and O–H groups in total. The zero-order valence-corrected chi connectivity index (χ0v) is 25.3. The van der Waals surface area contributed by atoms with Gasteiger partial charge in [-0.2, -0.15) is 0 Å². The van der Waals surface area contributed by atoms with Crippen molar-refractivity contribution in [3.05, 3.63) is 0 Å². The number of hydrogen-bond donors (Lipinski definition) is 0. The average Bonchev–Trinajstić information content (AvgIpc) is 0. The predicted molar refractivity (Wildman–Crippen MR) is 43.4 cm³/mol. The molecule has 144 valence electrons. The van der Waals surface area contributed by atoms with E-state index in [0.717, 1.165) is 0 Å². The Morgan fingerprint density at radius 3 is 0.100 bits per heavy atom. The van der Waals surface area contributed by atoms with E-state index in [1.54, 1.807) is 0 Å². The van der Waals surface area contributed by atoms with Crippen LogP contribution in [0.1, 0.15) is 0 Å². The molecule has 0 radical (unpaired) electrons. The molecule has 0 amide bonds. The van der Waals surface area contributed by atoms with Gasteiger partial charge in [-0.25, -0.2) is 0 Å². The SMILES string of the molecule is O.O.O.O.O.O.O.O.O.O.O.O.[Mo].[Mo].[Mo].[Mo].[Mo].[Mo].[Mo].[Mo]. The van der Waals surface area contributed by atoms with E-state index in [2.05, 4.69) is 0 Å². The van der Waals surface area contributed by atoms with Crippen LogP contribution in [0.25, 0.3) is 0 Å². The van der Waals surface area contributed by atoms with Crippen LogP contribution in [0.2, 0.25) is 0 Å². The third kappa shape index (κ3) is 442. The maximum atomic E-state index is 0. The summed E-state index contributed by atoms with van der Waals surface area (Å²) in [7, 11) is 0. The summed E-state index contributed by atoms with van der Waals surface area (Å²) in [6.07, 6.45) is 0. The fraction of sp³-hybridized carbons (Fsp3) is 0. The zero-order chi connectivity index (χ0) is 0. The summed E-state index contributed by atoms with van der Waals surface area (Å²) in [6.45, 7) is 0. The standard InChI is InChI=1S/8Mo.12H2O/h;;;;;;;;12*1H2. The van der Waals surface area contributed by atoms with Crippen LogP contribution in [0, 0.1) is 0 Å². The number of hydrogen-bond acceptors (Lipinski definition) is 0. The van der Waals surface area contributed by atoms with E-state index in [4.69, 9.17) is 0 Å². The molecule has 0 saturated carbocycles. The van der Waals surface area contributed by atoms with Crippen LogP contribution in [0.5, 0.6) is 0 Å². The van der Waals surface area contributed by atoms with Gasteiger partial charge in [-0.05, 0) is 0 Å². The summed E-state index contributed by atoms with van der Waals surface area (Å²) >= 11 is 0. The van der Waals surface area contributed by atoms with Crippen LogP contribution in [-0.4, -0.2) is 65.7 Å². The molecule has 0 aliphatic rings. The van der Waals surface area contributed by atoms with Crippen LogP contribution in [0.15, 0.2) is 0 Å². The third-order valence-electron chi connectivity index (χ3n) is 0. The van der Waals surface area contributed by atoms with E-state index in [1.165, 1.54) is 0 Å². The van der Waals surface area contributed by atoms with E-state index in [-0.39, 0.29) is 234 Å². The summed E-state index contributed by atoms with van der Waals surface area (Å²) in [5.41, 5.74) is 0. The van der Waals surface area contributed by atoms with Crippen LogP contribution in [0.3, 0.4) is 0 Å². The second kappa shape index (κ2) is 504. The molecule has 0 heterocycles. The molecule has 0 atom stereocenters. The maximum absolute atomic E-state index is 0. The van der Waals surface area contributed by atoms with E-state index >= 15 is 0 Å². The second-order valence-corrected chi connectivity index (χ2v) is 0. The molecule has 0 aliphatic carbocycles. The van der Waals surface area contributed by atoms with Crippen molar-refractivity contribution in [2.24, 2.45) is 0 Å². The summed E-state index contributed by atoms with van der Waals surface area (Å²) in [6, 6.07) is 0. The van der Waals surface area contributed by atoms with Gasteiger partial charge in [-0.3, -0.25) is 0 Å². The minimum atomic E-state index is 0. The molecule has 0 spiro atoms. The molecule has 0 aliphatic heterocycles. The maximum Gasteiger partial charge on any atom is 0 e. The Bertz CT molecular complexity index is 19.4. The van der Waals surface area contributed by atoms with E-state index in [1.807, 2.05) is 0 Å². The van der Waals surface area contributed by atoms with Gasteiger partial charge in [0.2, 0.25) is 0 Å². The van der Waals surface area contributed by atoms with Crippen molar-refractivity contribution < 1.29 is 234 Å². The molecule has 12 nitrogen and oxygen atoms in total. The van der Waals surface area contributed by atoms with Crippen molar-refractivity contribution in [3.63, 3.8) is 0 Å². The predicted octanol–water partition coefficient (Wildman–Crippen LogP) is -9.92. The van der Waals surface area contributed by atoms with Gasteiger partial charge in [0.05, 0.1) is 0 Å². The summed E-state index contributed by atoms with van der Waals surface area (Å²) < 4.78 is 0. The Morgan fingerprint density at radius 1 is 0.100 bits per heavy atom. The topological polar surface area (TPSA) is 378 Å². The molecular formula is H24Mo8O12. The molecule has 0 aromatic rings.